The second-order valence-corrected chi connectivity index (χ2v) is 15.8. The number of rotatable bonds is 18. The van der Waals surface area contributed by atoms with Crippen molar-refractivity contribution in [3.63, 3.8) is 0 Å². The monoisotopic (exact) mass is 775 g/mol. The Balaban J connectivity index is 1.52. The first-order chi connectivity index (χ1) is 26.4. The van der Waals surface area contributed by atoms with Crippen molar-refractivity contribution in [1.82, 2.24) is 31.2 Å². The molecule has 4 rings (SSSR count). The topological polar surface area (TPSA) is 236 Å². The molecule has 15 heteroatoms. The highest BCUT2D eigenvalue weighted by molar-refractivity contribution is 5.97. The summed E-state index contributed by atoms with van der Waals surface area (Å²) in [6.45, 7) is 11.1. The van der Waals surface area contributed by atoms with E-state index in [1.165, 1.54) is 17.0 Å². The van der Waals surface area contributed by atoms with Crippen molar-refractivity contribution < 1.29 is 39.0 Å². The van der Waals surface area contributed by atoms with Crippen molar-refractivity contribution in [2.75, 3.05) is 6.54 Å². The van der Waals surface area contributed by atoms with Gasteiger partial charge in [0.25, 0.3) is 0 Å². The molecule has 0 aliphatic carbocycles. The van der Waals surface area contributed by atoms with Crippen LogP contribution in [0.25, 0.3) is 10.9 Å². The molecule has 0 spiro atoms. The molecule has 6 atom stereocenters. The molecular weight excluding hydrogens is 718 g/mol. The number of nitrogens with two attached hydrogens (primary N) is 1. The number of carbonyl (C=O) groups is 6. The number of phenolic OH excluding ortho intramolecular Hbond substituents is 1. The van der Waals surface area contributed by atoms with Gasteiger partial charge in [-0.2, -0.15) is 0 Å². The van der Waals surface area contributed by atoms with Gasteiger partial charge in [0.15, 0.2) is 0 Å². The number of fused-ring (bicyclic) bond motifs is 1. The van der Waals surface area contributed by atoms with Gasteiger partial charge in [0.2, 0.25) is 29.5 Å². The summed E-state index contributed by atoms with van der Waals surface area (Å²) in [6.07, 6.45) is 1.16. The maximum atomic E-state index is 14.4. The first-order valence-electron chi connectivity index (χ1n) is 19.3. The van der Waals surface area contributed by atoms with Crippen molar-refractivity contribution in [2.24, 2.45) is 23.5 Å². The van der Waals surface area contributed by atoms with Gasteiger partial charge in [-0.25, -0.2) is 4.79 Å². The van der Waals surface area contributed by atoms with E-state index in [0.29, 0.717) is 24.1 Å². The van der Waals surface area contributed by atoms with Crippen LogP contribution in [0.15, 0.2) is 54.6 Å². The molecule has 9 N–H and O–H groups in total. The second-order valence-electron chi connectivity index (χ2n) is 15.8. The van der Waals surface area contributed by atoms with Crippen LogP contribution in [-0.4, -0.2) is 98.4 Å². The van der Waals surface area contributed by atoms with Gasteiger partial charge in [0.1, 0.15) is 36.0 Å². The minimum Gasteiger partial charge on any atom is -0.508 e. The minimum atomic E-state index is -1.28. The number of carboxylic acid groups (broad SMARTS) is 1. The number of hydrogen-bond donors (Lipinski definition) is 8. The Kier molecular flexibility index (Phi) is 15.0. The molecule has 1 fully saturated rings. The van der Waals surface area contributed by atoms with E-state index in [4.69, 9.17) is 5.73 Å². The number of amides is 5. The van der Waals surface area contributed by atoms with Crippen molar-refractivity contribution >= 4 is 46.4 Å². The Morgan fingerprint density at radius 1 is 0.804 bits per heavy atom. The van der Waals surface area contributed by atoms with Crippen molar-refractivity contribution in [1.29, 1.82) is 0 Å². The van der Waals surface area contributed by atoms with Gasteiger partial charge in [0, 0.05) is 30.6 Å². The number of carboxylic acids is 1. The summed E-state index contributed by atoms with van der Waals surface area (Å²) in [5.41, 5.74) is 8.14. The van der Waals surface area contributed by atoms with E-state index < -0.39 is 77.7 Å². The maximum Gasteiger partial charge on any atom is 0.326 e. The van der Waals surface area contributed by atoms with E-state index in [-0.39, 0.29) is 43.4 Å². The number of nitrogens with one attached hydrogen (secondary N) is 5. The molecule has 1 aliphatic heterocycles. The van der Waals surface area contributed by atoms with E-state index in [2.05, 4.69) is 26.3 Å². The van der Waals surface area contributed by atoms with Gasteiger partial charge in [-0.15, -0.1) is 0 Å². The quantitative estimate of drug-likeness (QED) is 0.0946. The zero-order valence-electron chi connectivity index (χ0n) is 33.0. The highest BCUT2D eigenvalue weighted by atomic mass is 16.4. The summed E-state index contributed by atoms with van der Waals surface area (Å²) in [4.78, 5) is 85.4. The van der Waals surface area contributed by atoms with E-state index in [1.54, 1.807) is 39.8 Å². The van der Waals surface area contributed by atoms with Gasteiger partial charge in [-0.1, -0.05) is 71.9 Å². The number of para-hydroxylation sites is 1. The SMILES string of the molecule is CC(C)C[C@H](N)C(=O)N[C@H](C(=O)N[C@H](C(=O)N[C@@H](Cc1ccc(O)cc1)C(=O)N1CCC[C@H]1C(=O)N[C@@H](Cc1cc2ccccc2[nH]1)C(=O)O)C(C)C)C(C)C. The lowest BCUT2D eigenvalue weighted by molar-refractivity contribution is -0.145. The fraction of sp³-hybridized carbons (Fsp3) is 0.512. The number of aromatic nitrogens is 1. The molecule has 15 nitrogen and oxygen atoms in total. The lowest BCUT2D eigenvalue weighted by Gasteiger charge is -2.32. The molecule has 0 unspecified atom stereocenters. The Labute approximate surface area is 327 Å². The third-order valence-corrected chi connectivity index (χ3v) is 10.0. The van der Waals surface area contributed by atoms with Crippen LogP contribution in [0.4, 0.5) is 0 Å². The fourth-order valence-electron chi connectivity index (χ4n) is 6.95. The molecule has 0 bridgehead atoms. The number of carbonyl (C=O) groups excluding carboxylic acids is 5. The molecule has 56 heavy (non-hydrogen) atoms. The number of H-pyrrole nitrogens is 1. The fourth-order valence-corrected chi connectivity index (χ4v) is 6.95. The van der Waals surface area contributed by atoms with Crippen LogP contribution in [0, 0.1) is 17.8 Å². The third kappa shape index (κ3) is 11.5. The van der Waals surface area contributed by atoms with Gasteiger partial charge in [-0.05, 0) is 72.2 Å². The van der Waals surface area contributed by atoms with Crippen LogP contribution in [-0.2, 0) is 41.6 Å². The molecule has 1 aromatic heterocycles. The number of phenols is 1. The minimum absolute atomic E-state index is 0.00892. The largest absolute Gasteiger partial charge is 0.508 e. The smallest absolute Gasteiger partial charge is 0.326 e. The van der Waals surface area contributed by atoms with Crippen LogP contribution >= 0.6 is 0 Å². The summed E-state index contributed by atoms with van der Waals surface area (Å²) in [5.74, 6) is -4.75. The molecule has 0 saturated carbocycles. The first-order valence-corrected chi connectivity index (χ1v) is 19.3. The van der Waals surface area contributed by atoms with Crippen molar-refractivity contribution in [2.45, 2.75) is 110 Å². The Hall–Kier alpha value is -5.44. The summed E-state index contributed by atoms with van der Waals surface area (Å²) < 4.78 is 0. The molecule has 1 saturated heterocycles. The number of aromatic amines is 1. The molecule has 5 amide bonds. The molecule has 0 radical (unpaired) electrons. The maximum absolute atomic E-state index is 14.4. The average Bonchev–Trinajstić information content (AvgIpc) is 3.79. The standard InChI is InChI=1S/C41H57N7O8/c1-22(2)18-29(42)36(50)46-35(24(5)6)39(53)47-34(23(3)4)38(52)44-31(19-25-13-15-28(49)16-14-25)40(54)48-17-9-12-33(48)37(51)45-32(41(55)56)21-27-20-26-10-7-8-11-30(26)43-27/h7-8,10-11,13-16,20,22-24,29,31-35,43,49H,9,12,17-19,21,42H2,1-6H3,(H,44,52)(H,45,51)(H,46,50)(H,47,53)(H,55,56)/t29-,31-,32-,33-,34-,35-/m0/s1. The molecular formula is C41H57N7O8. The van der Waals surface area contributed by atoms with Crippen LogP contribution in [0.2, 0.25) is 0 Å². The Morgan fingerprint density at radius 2 is 1.41 bits per heavy atom. The lowest BCUT2D eigenvalue weighted by Crippen LogP contribution is -2.61. The number of hydrogen-bond acceptors (Lipinski definition) is 8. The van der Waals surface area contributed by atoms with Crippen LogP contribution in [0.1, 0.15) is 72.1 Å². The zero-order valence-corrected chi connectivity index (χ0v) is 33.0. The summed E-state index contributed by atoms with van der Waals surface area (Å²) in [7, 11) is 0. The summed E-state index contributed by atoms with van der Waals surface area (Å²) in [5, 5.41) is 31.7. The highest BCUT2D eigenvalue weighted by Crippen LogP contribution is 2.22. The molecule has 2 heterocycles. The number of benzene rings is 2. The van der Waals surface area contributed by atoms with Crippen molar-refractivity contribution in [3.05, 3.63) is 65.9 Å². The Morgan fingerprint density at radius 3 is 2.00 bits per heavy atom. The van der Waals surface area contributed by atoms with E-state index >= 15 is 0 Å². The molecule has 2 aromatic carbocycles. The van der Waals surface area contributed by atoms with Gasteiger partial charge >= 0.3 is 5.97 Å². The molecule has 3 aromatic rings. The number of aromatic hydroxyl groups is 1. The second kappa shape index (κ2) is 19.4. The van der Waals surface area contributed by atoms with Crippen LogP contribution in [0.5, 0.6) is 5.75 Å². The van der Waals surface area contributed by atoms with E-state index in [1.807, 2.05) is 44.2 Å². The van der Waals surface area contributed by atoms with Crippen LogP contribution < -0.4 is 27.0 Å². The van der Waals surface area contributed by atoms with Crippen molar-refractivity contribution in [3.8, 4) is 5.75 Å². The van der Waals surface area contributed by atoms with Gasteiger partial charge in [0.05, 0.1) is 6.04 Å². The first kappa shape index (κ1) is 43.3. The average molecular weight is 776 g/mol. The van der Waals surface area contributed by atoms with Gasteiger partial charge in [-0.3, -0.25) is 24.0 Å². The number of nitrogens with zero attached hydrogens (tertiary/aromatic N) is 1. The predicted molar refractivity (Wildman–Crippen MR) is 211 cm³/mol. The van der Waals surface area contributed by atoms with Gasteiger partial charge < -0.3 is 47.1 Å². The highest BCUT2D eigenvalue weighted by Gasteiger charge is 2.40. The van der Waals surface area contributed by atoms with Crippen LogP contribution in [0.3, 0.4) is 0 Å². The summed E-state index contributed by atoms with van der Waals surface area (Å²) >= 11 is 0. The van der Waals surface area contributed by atoms with E-state index in [0.717, 1.165) is 10.9 Å². The Bertz CT molecular complexity index is 1820. The number of likely N-dealkylation sites (tertiary alicyclic amines) is 1. The third-order valence-electron chi connectivity index (χ3n) is 10.0. The number of aliphatic carboxylic acids is 1. The summed E-state index contributed by atoms with van der Waals surface area (Å²) in [6, 6.07) is 9.06. The molecule has 304 valence electrons. The van der Waals surface area contributed by atoms with E-state index in [9.17, 15) is 39.0 Å². The lowest BCUT2D eigenvalue weighted by atomic mass is 9.97. The zero-order chi connectivity index (χ0) is 41.3. The normalized spacial score (nSPS) is 17.0. The predicted octanol–water partition coefficient (Wildman–Crippen LogP) is 2.36. The molecule has 1 aliphatic rings.